The van der Waals surface area contributed by atoms with Crippen molar-refractivity contribution in [1.82, 2.24) is 10.2 Å². The molecule has 1 aliphatic rings. The van der Waals surface area contributed by atoms with Gasteiger partial charge in [-0.1, -0.05) is 12.1 Å². The van der Waals surface area contributed by atoms with E-state index in [-0.39, 0.29) is 11.4 Å². The first-order valence-corrected chi connectivity index (χ1v) is 6.25. The minimum absolute atomic E-state index is 0.131. The van der Waals surface area contributed by atoms with Crippen LogP contribution in [0.1, 0.15) is 18.4 Å². The Labute approximate surface area is 103 Å². The van der Waals surface area contributed by atoms with E-state index < -0.39 is 0 Å². The number of halogens is 1. The summed E-state index contributed by atoms with van der Waals surface area (Å²) < 4.78 is 13.2. The van der Waals surface area contributed by atoms with Crippen molar-refractivity contribution in [3.05, 3.63) is 35.6 Å². The number of hydrogen-bond donors (Lipinski definition) is 1. The number of piperidine rings is 1. The summed E-state index contributed by atoms with van der Waals surface area (Å²) in [5.41, 5.74) is 1.22. The summed E-state index contributed by atoms with van der Waals surface area (Å²) in [4.78, 5) is 2.28. The van der Waals surface area contributed by atoms with E-state index in [0.29, 0.717) is 0 Å². The SMILES string of the molecule is CN(C)C1(Cc2cccc(F)c2)CCCNC1. The molecule has 3 heteroatoms. The Hall–Kier alpha value is -0.930. The number of rotatable bonds is 3. The fourth-order valence-corrected chi connectivity index (χ4v) is 2.67. The summed E-state index contributed by atoms with van der Waals surface area (Å²) in [6.07, 6.45) is 3.27. The molecule has 94 valence electrons. The molecule has 0 aromatic heterocycles. The normalized spacial score (nSPS) is 25.2. The lowest BCUT2D eigenvalue weighted by molar-refractivity contribution is 0.114. The van der Waals surface area contributed by atoms with E-state index in [9.17, 15) is 4.39 Å². The van der Waals surface area contributed by atoms with Crippen LogP contribution in [-0.4, -0.2) is 37.6 Å². The molecule has 1 atom stereocenters. The minimum atomic E-state index is -0.139. The minimum Gasteiger partial charge on any atom is -0.315 e. The van der Waals surface area contributed by atoms with Crippen LogP contribution in [0, 0.1) is 5.82 Å². The van der Waals surface area contributed by atoms with Crippen LogP contribution in [0.5, 0.6) is 0 Å². The van der Waals surface area contributed by atoms with Crippen molar-refractivity contribution in [2.75, 3.05) is 27.2 Å². The summed E-state index contributed by atoms with van der Waals surface area (Å²) in [5, 5.41) is 3.46. The van der Waals surface area contributed by atoms with Gasteiger partial charge < -0.3 is 10.2 Å². The van der Waals surface area contributed by atoms with Crippen molar-refractivity contribution in [1.29, 1.82) is 0 Å². The highest BCUT2D eigenvalue weighted by molar-refractivity contribution is 5.20. The van der Waals surface area contributed by atoms with Crippen LogP contribution in [-0.2, 0) is 6.42 Å². The van der Waals surface area contributed by atoms with E-state index in [1.165, 1.54) is 18.9 Å². The molecular weight excluding hydrogens is 215 g/mol. The van der Waals surface area contributed by atoms with Gasteiger partial charge in [-0.05, 0) is 57.6 Å². The Morgan fingerprint density at radius 1 is 1.41 bits per heavy atom. The third kappa shape index (κ3) is 2.85. The Balaban J connectivity index is 2.17. The second kappa shape index (κ2) is 5.15. The Morgan fingerprint density at radius 2 is 2.24 bits per heavy atom. The third-order valence-electron chi connectivity index (χ3n) is 3.82. The summed E-state index contributed by atoms with van der Waals surface area (Å²) >= 11 is 0. The number of hydrogen-bond acceptors (Lipinski definition) is 2. The molecule has 0 aliphatic carbocycles. The van der Waals surface area contributed by atoms with E-state index in [2.05, 4.69) is 24.3 Å². The van der Waals surface area contributed by atoms with E-state index in [4.69, 9.17) is 0 Å². The van der Waals surface area contributed by atoms with Crippen molar-refractivity contribution in [2.24, 2.45) is 0 Å². The van der Waals surface area contributed by atoms with Gasteiger partial charge in [0, 0.05) is 12.1 Å². The molecule has 1 heterocycles. The largest absolute Gasteiger partial charge is 0.315 e. The first-order chi connectivity index (χ1) is 8.12. The van der Waals surface area contributed by atoms with Crippen molar-refractivity contribution in [2.45, 2.75) is 24.8 Å². The number of nitrogens with one attached hydrogen (secondary N) is 1. The van der Waals surface area contributed by atoms with Gasteiger partial charge in [0.15, 0.2) is 0 Å². The first kappa shape index (κ1) is 12.5. The lowest BCUT2D eigenvalue weighted by Crippen LogP contribution is -2.56. The number of benzene rings is 1. The molecule has 1 saturated heterocycles. The van der Waals surface area contributed by atoms with E-state index in [1.54, 1.807) is 12.1 Å². The van der Waals surface area contributed by atoms with E-state index in [1.807, 2.05) is 6.07 Å². The average molecular weight is 236 g/mol. The van der Waals surface area contributed by atoms with Crippen LogP contribution in [0.25, 0.3) is 0 Å². The maximum absolute atomic E-state index is 13.2. The van der Waals surface area contributed by atoms with E-state index >= 15 is 0 Å². The Bertz CT molecular complexity index is 370. The molecule has 0 saturated carbocycles. The molecule has 1 aromatic rings. The van der Waals surface area contributed by atoms with Crippen molar-refractivity contribution in [3.63, 3.8) is 0 Å². The lowest BCUT2D eigenvalue weighted by atomic mass is 9.83. The molecule has 1 aromatic carbocycles. The van der Waals surface area contributed by atoms with Crippen LogP contribution in [0.3, 0.4) is 0 Å². The molecule has 1 aliphatic heterocycles. The van der Waals surface area contributed by atoms with Gasteiger partial charge >= 0.3 is 0 Å². The van der Waals surface area contributed by atoms with Gasteiger partial charge in [-0.15, -0.1) is 0 Å². The van der Waals surface area contributed by atoms with Gasteiger partial charge in [0.05, 0.1) is 0 Å². The van der Waals surface area contributed by atoms with Crippen LogP contribution >= 0.6 is 0 Å². The summed E-state index contributed by atoms with van der Waals surface area (Å²) in [7, 11) is 4.23. The summed E-state index contributed by atoms with van der Waals surface area (Å²) in [6, 6.07) is 6.97. The number of nitrogens with zero attached hydrogens (tertiary/aromatic N) is 1. The third-order valence-corrected chi connectivity index (χ3v) is 3.82. The first-order valence-electron chi connectivity index (χ1n) is 6.25. The maximum atomic E-state index is 13.2. The van der Waals surface area contributed by atoms with Gasteiger partial charge in [-0.2, -0.15) is 0 Å². The molecule has 0 amide bonds. The predicted octanol–water partition coefficient (Wildman–Crippen LogP) is 2.05. The topological polar surface area (TPSA) is 15.3 Å². The molecular formula is C14H21FN2. The smallest absolute Gasteiger partial charge is 0.123 e. The summed E-state index contributed by atoms with van der Waals surface area (Å²) in [5.74, 6) is -0.139. The second-order valence-corrected chi connectivity index (χ2v) is 5.21. The zero-order valence-electron chi connectivity index (χ0n) is 10.7. The molecule has 1 unspecified atom stereocenters. The molecule has 17 heavy (non-hydrogen) atoms. The lowest BCUT2D eigenvalue weighted by Gasteiger charge is -2.43. The average Bonchev–Trinajstić information content (AvgIpc) is 2.30. The van der Waals surface area contributed by atoms with Crippen LogP contribution in [0.4, 0.5) is 4.39 Å². The highest BCUT2D eigenvalue weighted by atomic mass is 19.1. The fourth-order valence-electron chi connectivity index (χ4n) is 2.67. The quantitative estimate of drug-likeness (QED) is 0.864. The van der Waals surface area contributed by atoms with Gasteiger partial charge in [0.2, 0.25) is 0 Å². The molecule has 0 radical (unpaired) electrons. The molecule has 2 rings (SSSR count). The molecule has 2 nitrogen and oxygen atoms in total. The van der Waals surface area contributed by atoms with Crippen LogP contribution < -0.4 is 5.32 Å². The standard InChI is InChI=1S/C14H21FN2/c1-17(2)14(7-4-8-16-11-14)10-12-5-3-6-13(15)9-12/h3,5-6,9,16H,4,7-8,10-11H2,1-2H3. The van der Waals surface area contributed by atoms with Crippen molar-refractivity contribution in [3.8, 4) is 0 Å². The zero-order chi connectivity index (χ0) is 12.3. The van der Waals surface area contributed by atoms with Crippen molar-refractivity contribution < 1.29 is 4.39 Å². The number of likely N-dealkylation sites (N-methyl/N-ethyl adjacent to an activating group) is 1. The van der Waals surface area contributed by atoms with Gasteiger partial charge in [0.1, 0.15) is 5.82 Å². The monoisotopic (exact) mass is 236 g/mol. The summed E-state index contributed by atoms with van der Waals surface area (Å²) in [6.45, 7) is 2.08. The van der Waals surface area contributed by atoms with E-state index in [0.717, 1.165) is 25.1 Å². The molecule has 0 spiro atoms. The van der Waals surface area contributed by atoms with Gasteiger partial charge in [-0.25, -0.2) is 4.39 Å². The molecule has 1 N–H and O–H groups in total. The van der Waals surface area contributed by atoms with Gasteiger partial charge in [-0.3, -0.25) is 0 Å². The second-order valence-electron chi connectivity index (χ2n) is 5.21. The van der Waals surface area contributed by atoms with Crippen molar-refractivity contribution >= 4 is 0 Å². The Kier molecular flexibility index (Phi) is 3.79. The predicted molar refractivity (Wildman–Crippen MR) is 68.6 cm³/mol. The van der Waals surface area contributed by atoms with Crippen LogP contribution in [0.2, 0.25) is 0 Å². The zero-order valence-corrected chi connectivity index (χ0v) is 10.7. The Morgan fingerprint density at radius 3 is 2.82 bits per heavy atom. The van der Waals surface area contributed by atoms with Crippen LogP contribution in [0.15, 0.2) is 24.3 Å². The fraction of sp³-hybridized carbons (Fsp3) is 0.571. The highest BCUT2D eigenvalue weighted by Gasteiger charge is 2.34. The molecule has 0 bridgehead atoms. The molecule has 1 fully saturated rings. The maximum Gasteiger partial charge on any atom is 0.123 e. The highest BCUT2D eigenvalue weighted by Crippen LogP contribution is 2.26. The van der Waals surface area contributed by atoms with Gasteiger partial charge in [0.25, 0.3) is 0 Å².